The summed E-state index contributed by atoms with van der Waals surface area (Å²) in [5.74, 6) is -0.341. The van der Waals surface area contributed by atoms with Crippen molar-refractivity contribution in [1.82, 2.24) is 0 Å². The first-order chi connectivity index (χ1) is 33.6. The predicted molar refractivity (Wildman–Crippen MR) is 295 cm³/mol. The van der Waals surface area contributed by atoms with Crippen LogP contribution >= 0.6 is 7.82 Å². The van der Waals surface area contributed by atoms with Crippen molar-refractivity contribution >= 4 is 13.8 Å². The smallest absolute Gasteiger partial charge is 0.306 e. The van der Waals surface area contributed by atoms with Crippen LogP contribution < -0.4 is 4.89 Å². The molecule has 0 aromatic heterocycles. The molecule has 0 fully saturated rings. The fourth-order valence-corrected chi connectivity index (χ4v) is 8.33. The molecule has 0 aliphatic heterocycles. The number of quaternary nitrogens is 1. The van der Waals surface area contributed by atoms with Crippen LogP contribution in [0.5, 0.6) is 0 Å². The summed E-state index contributed by atoms with van der Waals surface area (Å²) in [5.41, 5.74) is 0. The Kier molecular flexibility index (Phi) is 50.3. The van der Waals surface area contributed by atoms with Gasteiger partial charge in [-0.2, -0.15) is 0 Å². The fraction of sp³-hybridized carbons (Fsp3) is 0.750. The number of esters is 1. The summed E-state index contributed by atoms with van der Waals surface area (Å²) >= 11 is 0. The number of carbonyl (C=O) groups is 1. The van der Waals surface area contributed by atoms with Gasteiger partial charge >= 0.3 is 5.97 Å². The second kappa shape index (κ2) is 52.0. The first kappa shape index (κ1) is 66.7. The lowest BCUT2D eigenvalue weighted by Crippen LogP contribution is -2.37. The highest BCUT2D eigenvalue weighted by Gasteiger charge is 2.20. The van der Waals surface area contributed by atoms with Crippen LogP contribution in [-0.2, 0) is 27.9 Å². The van der Waals surface area contributed by atoms with E-state index in [2.05, 4.69) is 98.9 Å². The summed E-state index contributed by atoms with van der Waals surface area (Å²) in [7, 11) is 1.34. The van der Waals surface area contributed by atoms with Gasteiger partial charge in [0, 0.05) is 13.0 Å². The molecule has 2 atom stereocenters. The molecule has 0 saturated heterocycles. The van der Waals surface area contributed by atoms with Crippen LogP contribution in [0.15, 0.2) is 85.1 Å². The summed E-state index contributed by atoms with van der Waals surface area (Å²) in [6.45, 7) is 5.26. The van der Waals surface area contributed by atoms with E-state index in [1.165, 1.54) is 128 Å². The Morgan fingerprint density at radius 2 is 0.841 bits per heavy atom. The molecule has 9 heteroatoms. The van der Waals surface area contributed by atoms with Gasteiger partial charge in [0.2, 0.25) is 0 Å². The number of hydrogen-bond acceptors (Lipinski definition) is 7. The van der Waals surface area contributed by atoms with Gasteiger partial charge in [-0.3, -0.25) is 9.36 Å². The molecule has 0 aromatic carbocycles. The summed E-state index contributed by atoms with van der Waals surface area (Å²) in [4.78, 5) is 25.3. The van der Waals surface area contributed by atoms with Gasteiger partial charge in [0.05, 0.1) is 34.4 Å². The Morgan fingerprint density at radius 1 is 0.464 bits per heavy atom. The summed E-state index contributed by atoms with van der Waals surface area (Å²) in [5, 5.41) is 0. The highest BCUT2D eigenvalue weighted by atomic mass is 31.2. The van der Waals surface area contributed by atoms with Crippen molar-refractivity contribution in [3.05, 3.63) is 85.1 Å². The van der Waals surface area contributed by atoms with Crippen molar-refractivity contribution < 1.29 is 37.3 Å². The van der Waals surface area contributed by atoms with Gasteiger partial charge in [-0.15, -0.1) is 0 Å². The van der Waals surface area contributed by atoms with E-state index in [0.29, 0.717) is 24.1 Å². The number of phosphoric ester groups is 1. The maximum absolute atomic E-state index is 12.8. The van der Waals surface area contributed by atoms with E-state index in [-0.39, 0.29) is 25.8 Å². The molecule has 0 N–H and O–H groups in total. The second-order valence-electron chi connectivity index (χ2n) is 19.9. The SMILES string of the molecule is CC/C=C\C/C=C\C/C=C\C/C=C\C/C=C\CCCCCCCCOCC(COP(=O)([O-])OCC[N+](C)(C)C)OC(=O)CCCCCCCCCCCCCCC/C=C\C/C=C\CCCCCCC. The summed E-state index contributed by atoms with van der Waals surface area (Å²) < 4.78 is 34.8. The average molecular weight is 986 g/mol. The Morgan fingerprint density at radius 3 is 1.26 bits per heavy atom. The Labute approximate surface area is 426 Å². The van der Waals surface area contributed by atoms with Gasteiger partial charge in [0.1, 0.15) is 19.3 Å². The van der Waals surface area contributed by atoms with Crippen molar-refractivity contribution in [2.75, 3.05) is 54.1 Å². The average Bonchev–Trinajstić information content (AvgIpc) is 3.31. The molecule has 0 rings (SSSR count). The maximum Gasteiger partial charge on any atom is 0.306 e. The van der Waals surface area contributed by atoms with Crippen LogP contribution in [0.2, 0.25) is 0 Å². The first-order valence-corrected chi connectivity index (χ1v) is 29.8. The second-order valence-corrected chi connectivity index (χ2v) is 21.3. The van der Waals surface area contributed by atoms with Crippen molar-refractivity contribution in [2.45, 2.75) is 238 Å². The van der Waals surface area contributed by atoms with E-state index in [9.17, 15) is 14.3 Å². The Balaban J connectivity index is 4.13. The monoisotopic (exact) mass is 986 g/mol. The van der Waals surface area contributed by atoms with E-state index >= 15 is 0 Å². The molecule has 0 heterocycles. The molecule has 0 radical (unpaired) electrons. The molecule has 0 spiro atoms. The molecular formula is C60H108NO7P. The van der Waals surface area contributed by atoms with Crippen molar-refractivity contribution in [1.29, 1.82) is 0 Å². The molecular weight excluding hydrogens is 878 g/mol. The van der Waals surface area contributed by atoms with Gasteiger partial charge in [-0.1, -0.05) is 221 Å². The van der Waals surface area contributed by atoms with E-state index in [1.54, 1.807) is 0 Å². The number of carbonyl (C=O) groups excluding carboxylic acids is 1. The standard InChI is InChI=1S/C60H108NO7P/c1-6-8-10-12-14-16-18-20-22-24-26-28-30-31-32-33-35-37-39-41-43-45-47-49-51-53-60(62)68-59(58-67-69(63,64)66-56-54-61(3,4)5)57-65-55-52-50-48-46-44-42-40-38-36-34-29-27-25-23-21-19-17-15-13-11-9-7-2/h9,11,15,17-18,20-21,23-24,26-27,29,36,38,59H,6-8,10,12-14,16,19,22,25,28,30-35,37,39-58H2,1-5H3/b11-9-,17-15-,20-18-,23-21-,26-24-,29-27-,38-36-. The van der Waals surface area contributed by atoms with E-state index in [4.69, 9.17) is 18.5 Å². The van der Waals surface area contributed by atoms with Gasteiger partial charge < -0.3 is 27.9 Å². The Hall–Kier alpha value is -2.32. The number of nitrogens with zero attached hydrogens (tertiary/aromatic N) is 1. The fourth-order valence-electron chi connectivity index (χ4n) is 7.60. The highest BCUT2D eigenvalue weighted by molar-refractivity contribution is 7.45. The topological polar surface area (TPSA) is 94.1 Å². The largest absolute Gasteiger partial charge is 0.756 e. The van der Waals surface area contributed by atoms with E-state index in [0.717, 1.165) is 83.5 Å². The third-order valence-corrected chi connectivity index (χ3v) is 12.9. The Bertz CT molecular complexity index is 1380. The van der Waals surface area contributed by atoms with E-state index < -0.39 is 13.9 Å². The van der Waals surface area contributed by atoms with Crippen LogP contribution in [0.1, 0.15) is 232 Å². The molecule has 0 aromatic rings. The number of hydrogen-bond donors (Lipinski definition) is 0. The van der Waals surface area contributed by atoms with Crippen LogP contribution in [0.25, 0.3) is 0 Å². The molecule has 0 aliphatic carbocycles. The van der Waals surface area contributed by atoms with Crippen LogP contribution in [0, 0.1) is 0 Å². The number of unbranched alkanes of at least 4 members (excludes halogenated alkanes) is 24. The number of ether oxygens (including phenoxy) is 2. The minimum atomic E-state index is -4.54. The minimum Gasteiger partial charge on any atom is -0.756 e. The number of rotatable bonds is 52. The van der Waals surface area contributed by atoms with Crippen molar-refractivity contribution in [2.24, 2.45) is 0 Å². The maximum atomic E-state index is 12.8. The van der Waals surface area contributed by atoms with Crippen LogP contribution in [-0.4, -0.2) is 70.7 Å². The van der Waals surface area contributed by atoms with Gasteiger partial charge in [-0.25, -0.2) is 0 Å². The van der Waals surface area contributed by atoms with Crippen molar-refractivity contribution in [3.63, 3.8) is 0 Å². The number of phosphoric acid groups is 1. The molecule has 0 aliphatic rings. The normalized spacial score (nSPS) is 14.1. The number of allylic oxidation sites excluding steroid dienone is 14. The van der Waals surface area contributed by atoms with E-state index in [1.807, 2.05) is 21.1 Å². The quantitative estimate of drug-likeness (QED) is 0.0197. The first-order valence-electron chi connectivity index (χ1n) is 28.3. The minimum absolute atomic E-state index is 0.0190. The van der Waals surface area contributed by atoms with Gasteiger partial charge in [0.25, 0.3) is 7.82 Å². The molecule has 8 nitrogen and oxygen atoms in total. The van der Waals surface area contributed by atoms with Crippen LogP contribution in [0.4, 0.5) is 0 Å². The predicted octanol–water partition coefficient (Wildman–Crippen LogP) is 17.3. The lowest BCUT2D eigenvalue weighted by atomic mass is 10.0. The molecule has 69 heavy (non-hydrogen) atoms. The molecule has 400 valence electrons. The highest BCUT2D eigenvalue weighted by Crippen LogP contribution is 2.38. The summed E-state index contributed by atoms with van der Waals surface area (Å²) in [6.07, 6.45) is 70.5. The zero-order valence-electron chi connectivity index (χ0n) is 45.5. The third-order valence-electron chi connectivity index (χ3n) is 11.9. The lowest BCUT2D eigenvalue weighted by molar-refractivity contribution is -0.870. The zero-order chi connectivity index (χ0) is 50.5. The van der Waals surface area contributed by atoms with Crippen LogP contribution in [0.3, 0.4) is 0 Å². The third kappa shape index (κ3) is 56.5. The molecule has 0 saturated carbocycles. The molecule has 2 unspecified atom stereocenters. The molecule has 0 amide bonds. The summed E-state index contributed by atoms with van der Waals surface area (Å²) in [6, 6.07) is 0. The zero-order valence-corrected chi connectivity index (χ0v) is 46.4. The van der Waals surface area contributed by atoms with Gasteiger partial charge in [-0.05, 0) is 89.9 Å². The van der Waals surface area contributed by atoms with Crippen molar-refractivity contribution in [3.8, 4) is 0 Å². The lowest BCUT2D eigenvalue weighted by Gasteiger charge is -2.28. The number of likely N-dealkylation sites (N-methyl/N-ethyl adjacent to an activating group) is 1. The molecule has 0 bridgehead atoms. The van der Waals surface area contributed by atoms with Gasteiger partial charge in [0.15, 0.2) is 0 Å².